The van der Waals surface area contributed by atoms with E-state index in [1.807, 2.05) is 34.6 Å². The molecule has 2 heterocycles. The second kappa shape index (κ2) is 6.39. The fourth-order valence-corrected chi connectivity index (χ4v) is 2.65. The van der Waals surface area contributed by atoms with E-state index < -0.39 is 6.10 Å². The summed E-state index contributed by atoms with van der Waals surface area (Å²) in [5.41, 5.74) is 2.33. The average molecular weight is 334 g/mol. The molecular weight excluding hydrogens is 308 g/mol. The van der Waals surface area contributed by atoms with Gasteiger partial charge in [-0.15, -0.1) is 0 Å². The summed E-state index contributed by atoms with van der Waals surface area (Å²) in [5.74, 6) is -0.196. The predicted octanol–water partition coefficient (Wildman–Crippen LogP) is 0.944. The Kier molecular flexibility index (Phi) is 4.85. The van der Waals surface area contributed by atoms with Gasteiger partial charge in [-0.25, -0.2) is 4.98 Å². The maximum absolute atomic E-state index is 12.2. The molecule has 132 valence electrons. The number of hydrogen-bond acceptors (Lipinski definition) is 4. The average Bonchev–Trinajstić information content (AvgIpc) is 2.74. The molecule has 3 N–H and O–H groups in total. The number of aromatic nitrogens is 3. The Morgan fingerprint density at radius 3 is 2.58 bits per heavy atom. The quantitative estimate of drug-likeness (QED) is 0.775. The molecule has 0 spiro atoms. The van der Waals surface area contributed by atoms with Crippen LogP contribution in [0.25, 0.3) is 11.0 Å². The molecule has 0 saturated carbocycles. The van der Waals surface area contributed by atoms with Crippen molar-refractivity contribution in [3.05, 3.63) is 27.2 Å². The van der Waals surface area contributed by atoms with Gasteiger partial charge in [-0.3, -0.25) is 19.4 Å². The Balaban J connectivity index is 2.22. The maximum Gasteiger partial charge on any atom is 0.273 e. The van der Waals surface area contributed by atoms with E-state index in [9.17, 15) is 14.7 Å². The fourth-order valence-electron chi connectivity index (χ4n) is 2.65. The van der Waals surface area contributed by atoms with Crippen LogP contribution in [0.2, 0.25) is 0 Å². The number of rotatable bonds is 4. The van der Waals surface area contributed by atoms with Crippen molar-refractivity contribution in [2.45, 2.75) is 47.1 Å². The minimum Gasteiger partial charge on any atom is -0.391 e. The van der Waals surface area contributed by atoms with Crippen molar-refractivity contribution in [1.29, 1.82) is 0 Å². The third kappa shape index (κ3) is 3.51. The van der Waals surface area contributed by atoms with Crippen LogP contribution in [-0.2, 0) is 18.3 Å². The highest BCUT2D eigenvalue weighted by Crippen LogP contribution is 2.21. The molecule has 1 unspecified atom stereocenters. The molecule has 1 atom stereocenters. The van der Waals surface area contributed by atoms with Gasteiger partial charge < -0.3 is 10.4 Å². The van der Waals surface area contributed by atoms with Crippen LogP contribution in [-0.4, -0.2) is 38.4 Å². The summed E-state index contributed by atoms with van der Waals surface area (Å²) in [6.45, 7) is 9.60. The number of aliphatic hydroxyl groups excluding tert-OH is 1. The van der Waals surface area contributed by atoms with E-state index in [-0.39, 0.29) is 29.8 Å². The number of aryl methyl sites for hydroxylation is 3. The van der Waals surface area contributed by atoms with E-state index in [4.69, 9.17) is 0 Å². The summed E-state index contributed by atoms with van der Waals surface area (Å²) in [4.78, 5) is 28.7. The molecule has 0 aliphatic carbocycles. The molecule has 0 radical (unpaired) electrons. The van der Waals surface area contributed by atoms with Crippen molar-refractivity contribution < 1.29 is 9.90 Å². The van der Waals surface area contributed by atoms with Crippen LogP contribution in [0.1, 0.15) is 37.6 Å². The molecule has 0 bridgehead atoms. The monoisotopic (exact) mass is 334 g/mol. The molecule has 24 heavy (non-hydrogen) atoms. The van der Waals surface area contributed by atoms with Crippen molar-refractivity contribution in [2.75, 3.05) is 6.54 Å². The predicted molar refractivity (Wildman–Crippen MR) is 93.0 cm³/mol. The van der Waals surface area contributed by atoms with Gasteiger partial charge in [0.25, 0.3) is 5.56 Å². The third-order valence-corrected chi connectivity index (χ3v) is 4.41. The Morgan fingerprint density at radius 1 is 1.38 bits per heavy atom. The van der Waals surface area contributed by atoms with Gasteiger partial charge in [-0.05, 0) is 30.4 Å². The maximum atomic E-state index is 12.2. The summed E-state index contributed by atoms with van der Waals surface area (Å²) in [6, 6.07) is 0. The van der Waals surface area contributed by atoms with E-state index in [0.29, 0.717) is 11.0 Å². The van der Waals surface area contributed by atoms with Crippen molar-refractivity contribution in [2.24, 2.45) is 12.5 Å². The van der Waals surface area contributed by atoms with E-state index in [1.54, 1.807) is 11.7 Å². The molecule has 0 aliphatic heterocycles. The number of H-pyrrole nitrogens is 1. The van der Waals surface area contributed by atoms with Crippen LogP contribution in [0.5, 0.6) is 0 Å². The topological polar surface area (TPSA) is 100 Å². The molecule has 1 amide bonds. The third-order valence-electron chi connectivity index (χ3n) is 4.41. The Bertz CT molecular complexity index is 827. The number of carbonyl (C=O) groups excluding carboxylic acids is 1. The summed E-state index contributed by atoms with van der Waals surface area (Å²) < 4.78 is 1.58. The second-order valence-electron chi connectivity index (χ2n) is 7.36. The lowest BCUT2D eigenvalue weighted by molar-refractivity contribution is -0.121. The number of fused-ring (bicyclic) bond motifs is 1. The van der Waals surface area contributed by atoms with Crippen molar-refractivity contribution in [1.82, 2.24) is 20.1 Å². The highest BCUT2D eigenvalue weighted by atomic mass is 16.3. The van der Waals surface area contributed by atoms with Crippen LogP contribution in [0, 0.1) is 19.3 Å². The summed E-state index contributed by atoms with van der Waals surface area (Å²) in [7, 11) is 1.73. The van der Waals surface area contributed by atoms with Crippen LogP contribution < -0.4 is 10.9 Å². The minimum absolute atomic E-state index is 0.131. The van der Waals surface area contributed by atoms with Crippen molar-refractivity contribution >= 4 is 16.9 Å². The smallest absolute Gasteiger partial charge is 0.273 e. The Hall–Kier alpha value is -2.15. The minimum atomic E-state index is -0.624. The molecule has 0 saturated heterocycles. The molecule has 7 nitrogen and oxygen atoms in total. The van der Waals surface area contributed by atoms with Crippen LogP contribution in [0.15, 0.2) is 4.79 Å². The number of nitrogens with one attached hydrogen (secondary N) is 2. The van der Waals surface area contributed by atoms with Gasteiger partial charge in [0, 0.05) is 19.3 Å². The van der Waals surface area contributed by atoms with Crippen molar-refractivity contribution in [3.8, 4) is 0 Å². The van der Waals surface area contributed by atoms with E-state index in [0.717, 1.165) is 16.8 Å². The molecule has 2 aromatic rings. The molecule has 7 heteroatoms. The van der Waals surface area contributed by atoms with Crippen LogP contribution in [0.3, 0.4) is 0 Å². The largest absolute Gasteiger partial charge is 0.391 e. The SMILES string of the molecule is Cc1nc2c(c(C)c1CC(=O)NCC(O)C(C)(C)C)c(=O)[nH]n2C. The first-order valence-corrected chi connectivity index (χ1v) is 8.02. The summed E-state index contributed by atoms with van der Waals surface area (Å²) in [6.07, 6.45) is -0.493. The zero-order valence-electron chi connectivity index (χ0n) is 15.1. The number of aliphatic hydroxyl groups is 1. The Morgan fingerprint density at radius 2 is 2.00 bits per heavy atom. The number of nitrogens with zero attached hydrogens (tertiary/aromatic N) is 2. The van der Waals surface area contributed by atoms with Gasteiger partial charge in [0.05, 0.1) is 17.9 Å². The van der Waals surface area contributed by atoms with Gasteiger partial charge in [-0.1, -0.05) is 20.8 Å². The molecule has 0 aromatic carbocycles. The number of pyridine rings is 1. The van der Waals surface area contributed by atoms with Gasteiger partial charge in [0.1, 0.15) is 0 Å². The normalized spacial score (nSPS) is 13.3. The lowest BCUT2D eigenvalue weighted by Crippen LogP contribution is -2.39. The fraction of sp³-hybridized carbons (Fsp3) is 0.588. The van der Waals surface area contributed by atoms with Gasteiger partial charge in [-0.2, -0.15) is 0 Å². The first kappa shape index (κ1) is 18.2. The van der Waals surface area contributed by atoms with E-state index >= 15 is 0 Å². The highest BCUT2D eigenvalue weighted by Gasteiger charge is 2.23. The number of amides is 1. The first-order chi connectivity index (χ1) is 11.0. The number of carbonyl (C=O) groups is 1. The van der Waals surface area contributed by atoms with Crippen LogP contribution in [0.4, 0.5) is 0 Å². The lowest BCUT2D eigenvalue weighted by atomic mass is 9.89. The molecule has 2 rings (SSSR count). The van der Waals surface area contributed by atoms with Crippen LogP contribution >= 0.6 is 0 Å². The second-order valence-corrected chi connectivity index (χ2v) is 7.36. The van der Waals surface area contributed by atoms with Gasteiger partial charge in [0.15, 0.2) is 5.65 Å². The van der Waals surface area contributed by atoms with E-state index in [1.165, 1.54) is 0 Å². The lowest BCUT2D eigenvalue weighted by Gasteiger charge is -2.26. The van der Waals surface area contributed by atoms with E-state index in [2.05, 4.69) is 15.4 Å². The van der Waals surface area contributed by atoms with Crippen molar-refractivity contribution in [3.63, 3.8) is 0 Å². The summed E-state index contributed by atoms with van der Waals surface area (Å²) in [5, 5.41) is 16.0. The highest BCUT2D eigenvalue weighted by molar-refractivity contribution is 5.84. The molecule has 2 aromatic heterocycles. The molecular formula is C17H26N4O3. The zero-order chi connectivity index (χ0) is 18.2. The standard InChI is InChI=1S/C17H26N4O3/c1-9-11(7-13(23)18-8-12(22)17(3,4)5)10(2)19-15-14(9)16(24)20-21(15)6/h12,22H,7-8H2,1-6H3,(H,18,23)(H,20,24). The number of hydrogen-bond donors (Lipinski definition) is 3. The van der Waals surface area contributed by atoms with Gasteiger partial charge >= 0.3 is 0 Å². The molecule has 0 aliphatic rings. The Labute approximate surface area is 141 Å². The molecule has 0 fully saturated rings. The summed E-state index contributed by atoms with van der Waals surface area (Å²) >= 11 is 0. The zero-order valence-corrected chi connectivity index (χ0v) is 15.1. The number of aromatic amines is 1. The first-order valence-electron chi connectivity index (χ1n) is 8.02. The van der Waals surface area contributed by atoms with Gasteiger partial charge in [0.2, 0.25) is 5.91 Å².